The fourth-order valence-corrected chi connectivity index (χ4v) is 2.45. The summed E-state index contributed by atoms with van der Waals surface area (Å²) in [6.45, 7) is 7.54. The highest BCUT2D eigenvalue weighted by Gasteiger charge is 2.41. The molecule has 0 radical (unpaired) electrons. The van der Waals surface area contributed by atoms with Crippen molar-refractivity contribution in [2.45, 2.75) is 32.2 Å². The molecule has 3 heteroatoms. The van der Waals surface area contributed by atoms with Gasteiger partial charge in [0, 0.05) is 18.0 Å². The molecule has 0 aromatic carbocycles. The summed E-state index contributed by atoms with van der Waals surface area (Å²) in [5.41, 5.74) is 6.07. The summed E-state index contributed by atoms with van der Waals surface area (Å²) in [6.07, 6.45) is 3.76. The smallest absolute Gasteiger partial charge is 0.0557 e. The molecule has 2 aliphatic heterocycles. The summed E-state index contributed by atoms with van der Waals surface area (Å²) in [6, 6.07) is 0.768. The molecule has 0 aromatic rings. The molecule has 14 heavy (non-hydrogen) atoms. The molecule has 0 amide bonds. The lowest BCUT2D eigenvalue weighted by molar-refractivity contribution is -0.141. The van der Waals surface area contributed by atoms with Crippen LogP contribution in [0.25, 0.3) is 0 Å². The minimum atomic E-state index is 0.479. The van der Waals surface area contributed by atoms with Gasteiger partial charge in [0.1, 0.15) is 0 Å². The van der Waals surface area contributed by atoms with E-state index in [-0.39, 0.29) is 0 Å². The van der Waals surface area contributed by atoms with Gasteiger partial charge in [0.25, 0.3) is 0 Å². The van der Waals surface area contributed by atoms with E-state index in [1.54, 1.807) is 0 Å². The number of nitrogens with two attached hydrogens (primary N) is 1. The molecule has 0 spiro atoms. The van der Waals surface area contributed by atoms with Gasteiger partial charge in [0.2, 0.25) is 0 Å². The monoisotopic (exact) mass is 198 g/mol. The van der Waals surface area contributed by atoms with E-state index in [2.05, 4.69) is 11.8 Å². The van der Waals surface area contributed by atoms with Crippen LogP contribution in [-0.2, 0) is 4.74 Å². The maximum absolute atomic E-state index is 5.59. The number of likely N-dealkylation sites (tertiary alicyclic amines) is 1. The van der Waals surface area contributed by atoms with Crippen LogP contribution in [0.1, 0.15) is 26.2 Å². The predicted octanol–water partition coefficient (Wildman–Crippen LogP) is 0.836. The minimum absolute atomic E-state index is 0.479. The first-order valence-electron chi connectivity index (χ1n) is 5.81. The van der Waals surface area contributed by atoms with Gasteiger partial charge < -0.3 is 10.5 Å². The number of hydrogen-bond acceptors (Lipinski definition) is 3. The van der Waals surface area contributed by atoms with Crippen LogP contribution >= 0.6 is 0 Å². The van der Waals surface area contributed by atoms with Crippen LogP contribution in [0.3, 0.4) is 0 Å². The van der Waals surface area contributed by atoms with E-state index in [0.29, 0.717) is 5.41 Å². The maximum atomic E-state index is 5.59. The summed E-state index contributed by atoms with van der Waals surface area (Å²) in [4.78, 5) is 2.60. The van der Waals surface area contributed by atoms with Gasteiger partial charge in [-0.15, -0.1) is 0 Å². The zero-order valence-electron chi connectivity index (χ0n) is 9.17. The first kappa shape index (κ1) is 10.4. The number of hydrogen-bond donors (Lipinski definition) is 1. The maximum Gasteiger partial charge on any atom is 0.0557 e. The number of nitrogens with zero attached hydrogens (tertiary/aromatic N) is 1. The van der Waals surface area contributed by atoms with Crippen molar-refractivity contribution in [2.24, 2.45) is 11.1 Å². The van der Waals surface area contributed by atoms with E-state index in [4.69, 9.17) is 10.5 Å². The largest absolute Gasteiger partial charge is 0.380 e. The van der Waals surface area contributed by atoms with Crippen LogP contribution in [0.15, 0.2) is 0 Å². The quantitative estimate of drug-likeness (QED) is 0.711. The Labute approximate surface area is 86.6 Å². The molecule has 1 unspecified atom stereocenters. The molecule has 2 heterocycles. The van der Waals surface area contributed by atoms with Gasteiger partial charge in [-0.2, -0.15) is 0 Å². The Bertz CT molecular complexity index is 186. The third kappa shape index (κ3) is 1.81. The van der Waals surface area contributed by atoms with Crippen molar-refractivity contribution in [3.63, 3.8) is 0 Å². The molecule has 2 fully saturated rings. The van der Waals surface area contributed by atoms with Gasteiger partial charge in [-0.3, -0.25) is 4.90 Å². The van der Waals surface area contributed by atoms with Crippen LogP contribution in [0.2, 0.25) is 0 Å². The zero-order valence-corrected chi connectivity index (χ0v) is 9.17. The van der Waals surface area contributed by atoms with E-state index >= 15 is 0 Å². The summed E-state index contributed by atoms with van der Waals surface area (Å²) < 4.78 is 5.34. The second-order valence-corrected chi connectivity index (χ2v) is 4.84. The van der Waals surface area contributed by atoms with Crippen molar-refractivity contribution in [3.05, 3.63) is 0 Å². The molecule has 3 nitrogen and oxygen atoms in total. The van der Waals surface area contributed by atoms with E-state index < -0.39 is 0 Å². The van der Waals surface area contributed by atoms with Crippen molar-refractivity contribution in [1.29, 1.82) is 0 Å². The zero-order chi connectivity index (χ0) is 10.0. The van der Waals surface area contributed by atoms with Gasteiger partial charge in [0.15, 0.2) is 0 Å². The Morgan fingerprint density at radius 3 is 2.64 bits per heavy atom. The fourth-order valence-electron chi connectivity index (χ4n) is 2.45. The summed E-state index contributed by atoms with van der Waals surface area (Å²) in [7, 11) is 0. The molecule has 0 bridgehead atoms. The highest BCUT2D eigenvalue weighted by Crippen LogP contribution is 2.35. The fraction of sp³-hybridized carbons (Fsp3) is 1.00. The highest BCUT2D eigenvalue weighted by atomic mass is 16.5. The molecule has 82 valence electrons. The molecule has 2 N–H and O–H groups in total. The molecular formula is C11H22N2O. The summed E-state index contributed by atoms with van der Waals surface area (Å²) >= 11 is 0. The molecule has 2 rings (SSSR count). The molecule has 0 saturated carbocycles. The second kappa shape index (κ2) is 4.17. The van der Waals surface area contributed by atoms with Crippen LogP contribution < -0.4 is 5.73 Å². The second-order valence-electron chi connectivity index (χ2n) is 4.84. The Morgan fingerprint density at radius 1 is 1.50 bits per heavy atom. The lowest BCUT2D eigenvalue weighted by atomic mass is 9.81. The number of rotatable bonds is 5. The molecule has 2 aliphatic rings. The van der Waals surface area contributed by atoms with E-state index in [1.165, 1.54) is 32.4 Å². The Hall–Kier alpha value is -0.120. The van der Waals surface area contributed by atoms with Crippen LogP contribution in [0.4, 0.5) is 0 Å². The third-order valence-electron chi connectivity index (χ3n) is 3.87. The third-order valence-corrected chi connectivity index (χ3v) is 3.87. The average Bonchev–Trinajstić information content (AvgIpc) is 2.12. The molecular weight excluding hydrogens is 176 g/mol. The Kier molecular flexibility index (Phi) is 3.10. The minimum Gasteiger partial charge on any atom is -0.380 e. The van der Waals surface area contributed by atoms with Gasteiger partial charge in [-0.05, 0) is 32.4 Å². The lowest BCUT2D eigenvalue weighted by Crippen LogP contribution is -2.58. The molecule has 2 saturated heterocycles. The van der Waals surface area contributed by atoms with E-state index in [1.807, 2.05) is 0 Å². The van der Waals surface area contributed by atoms with Crippen LogP contribution in [-0.4, -0.2) is 43.8 Å². The lowest BCUT2D eigenvalue weighted by Gasteiger charge is -2.50. The van der Waals surface area contributed by atoms with Crippen LogP contribution in [0.5, 0.6) is 0 Å². The molecule has 0 aromatic heterocycles. The first-order chi connectivity index (χ1) is 6.79. The Balaban J connectivity index is 1.79. The van der Waals surface area contributed by atoms with Gasteiger partial charge in [-0.1, -0.05) is 6.92 Å². The van der Waals surface area contributed by atoms with E-state index in [9.17, 15) is 0 Å². The summed E-state index contributed by atoms with van der Waals surface area (Å²) in [5, 5.41) is 0. The van der Waals surface area contributed by atoms with Crippen molar-refractivity contribution in [2.75, 3.05) is 32.8 Å². The van der Waals surface area contributed by atoms with Gasteiger partial charge >= 0.3 is 0 Å². The molecule has 1 atom stereocenters. The summed E-state index contributed by atoms with van der Waals surface area (Å²) in [5.74, 6) is 0. The number of ether oxygens (including phenoxy) is 1. The topological polar surface area (TPSA) is 38.5 Å². The standard InChI is InChI=1S/C11H22N2O/c1-2-11(8-14-9-11)7-13-6-4-10(13)3-5-12/h10H,2-9,12H2,1H3. The van der Waals surface area contributed by atoms with Gasteiger partial charge in [0.05, 0.1) is 13.2 Å². The highest BCUT2D eigenvalue weighted by molar-refractivity contribution is 4.93. The van der Waals surface area contributed by atoms with Gasteiger partial charge in [-0.25, -0.2) is 0 Å². The van der Waals surface area contributed by atoms with Crippen molar-refractivity contribution in [3.8, 4) is 0 Å². The SMILES string of the molecule is CCC1(CN2CCC2CCN)COC1. The van der Waals surface area contributed by atoms with E-state index in [0.717, 1.165) is 25.8 Å². The van der Waals surface area contributed by atoms with Crippen molar-refractivity contribution in [1.82, 2.24) is 4.90 Å². The van der Waals surface area contributed by atoms with Crippen molar-refractivity contribution < 1.29 is 4.74 Å². The predicted molar refractivity (Wildman–Crippen MR) is 57.2 cm³/mol. The van der Waals surface area contributed by atoms with Crippen LogP contribution in [0, 0.1) is 5.41 Å². The average molecular weight is 198 g/mol. The normalized spacial score (nSPS) is 30.9. The Morgan fingerprint density at radius 2 is 2.29 bits per heavy atom. The molecule has 0 aliphatic carbocycles. The first-order valence-corrected chi connectivity index (χ1v) is 5.81. The van der Waals surface area contributed by atoms with Crippen molar-refractivity contribution >= 4 is 0 Å².